The van der Waals surface area contributed by atoms with Crippen molar-refractivity contribution in [2.45, 2.75) is 39.4 Å². The van der Waals surface area contributed by atoms with Gasteiger partial charge in [-0.1, -0.05) is 6.07 Å². The van der Waals surface area contributed by atoms with Gasteiger partial charge in [0.2, 0.25) is 10.0 Å². The molecule has 2 aromatic heterocycles. The summed E-state index contributed by atoms with van der Waals surface area (Å²) < 4.78 is 27.9. The van der Waals surface area contributed by atoms with Crippen LogP contribution in [0.2, 0.25) is 0 Å². The summed E-state index contributed by atoms with van der Waals surface area (Å²) >= 11 is 5.78. The first kappa shape index (κ1) is 22.3. The number of benzene rings is 1. The predicted molar refractivity (Wildman–Crippen MR) is 132 cm³/mol. The number of anilines is 2. The first-order valence-electron chi connectivity index (χ1n) is 10.4. The summed E-state index contributed by atoms with van der Waals surface area (Å²) in [6.07, 6.45) is 2.93. The van der Waals surface area contributed by atoms with Gasteiger partial charge in [0, 0.05) is 35.5 Å². The zero-order valence-corrected chi connectivity index (χ0v) is 20.2. The second-order valence-electron chi connectivity index (χ2n) is 7.99. The SMILES string of the molecule is CCn1c(C)cc([C@H]2[C@H](c3ccccn3)NC(=S)N2c2ccc(NS(C)(=O)=O)cc2)c1C. The number of aromatic nitrogens is 2. The number of aryl methyl sites for hydroxylation is 1. The summed E-state index contributed by atoms with van der Waals surface area (Å²) in [6.45, 7) is 7.29. The average molecular weight is 470 g/mol. The molecule has 1 fully saturated rings. The van der Waals surface area contributed by atoms with Gasteiger partial charge in [-0.3, -0.25) is 9.71 Å². The molecule has 1 aliphatic heterocycles. The summed E-state index contributed by atoms with van der Waals surface area (Å²) in [5.41, 5.74) is 5.89. The number of pyridine rings is 1. The molecule has 0 bridgehead atoms. The smallest absolute Gasteiger partial charge is 0.229 e. The Kier molecular flexibility index (Phi) is 5.96. The molecule has 1 aliphatic rings. The molecule has 168 valence electrons. The normalized spacial score (nSPS) is 18.6. The van der Waals surface area contributed by atoms with Crippen LogP contribution >= 0.6 is 12.2 Å². The molecule has 2 N–H and O–H groups in total. The third-order valence-corrected chi connectivity index (χ3v) is 6.72. The van der Waals surface area contributed by atoms with Gasteiger partial charge in [-0.2, -0.15) is 0 Å². The molecule has 3 heterocycles. The van der Waals surface area contributed by atoms with E-state index in [4.69, 9.17) is 12.2 Å². The van der Waals surface area contributed by atoms with Crippen molar-refractivity contribution < 1.29 is 8.42 Å². The topological polar surface area (TPSA) is 79.3 Å². The Bertz CT molecular complexity index is 1240. The van der Waals surface area contributed by atoms with Crippen LogP contribution in [0.3, 0.4) is 0 Å². The maximum Gasteiger partial charge on any atom is 0.229 e. The molecule has 0 aliphatic carbocycles. The Balaban J connectivity index is 1.80. The van der Waals surface area contributed by atoms with Gasteiger partial charge in [0.1, 0.15) is 0 Å². The minimum atomic E-state index is -3.34. The van der Waals surface area contributed by atoms with Crippen LogP contribution in [0, 0.1) is 13.8 Å². The van der Waals surface area contributed by atoms with Gasteiger partial charge in [-0.05, 0) is 81.0 Å². The zero-order valence-electron chi connectivity index (χ0n) is 18.5. The molecule has 9 heteroatoms. The average Bonchev–Trinajstić information content (AvgIpc) is 3.23. The number of hydrogen-bond donors (Lipinski definition) is 2. The molecule has 7 nitrogen and oxygen atoms in total. The lowest BCUT2D eigenvalue weighted by Gasteiger charge is -2.28. The van der Waals surface area contributed by atoms with E-state index >= 15 is 0 Å². The van der Waals surface area contributed by atoms with Gasteiger partial charge >= 0.3 is 0 Å². The van der Waals surface area contributed by atoms with Crippen LogP contribution in [0.15, 0.2) is 54.7 Å². The molecule has 32 heavy (non-hydrogen) atoms. The van der Waals surface area contributed by atoms with Gasteiger partial charge in [0.05, 0.1) is 24.0 Å². The van der Waals surface area contributed by atoms with Crippen molar-refractivity contribution in [1.29, 1.82) is 0 Å². The van der Waals surface area contributed by atoms with Crippen LogP contribution in [0.5, 0.6) is 0 Å². The Morgan fingerprint density at radius 2 is 1.88 bits per heavy atom. The molecule has 4 rings (SSSR count). The maximum absolute atomic E-state index is 11.6. The van der Waals surface area contributed by atoms with Gasteiger partial charge in [-0.15, -0.1) is 0 Å². The minimum Gasteiger partial charge on any atom is -0.351 e. The summed E-state index contributed by atoms with van der Waals surface area (Å²) in [4.78, 5) is 6.70. The van der Waals surface area contributed by atoms with Crippen LogP contribution in [-0.2, 0) is 16.6 Å². The fourth-order valence-electron chi connectivity index (χ4n) is 4.47. The van der Waals surface area contributed by atoms with Crippen LogP contribution in [0.4, 0.5) is 11.4 Å². The van der Waals surface area contributed by atoms with Gasteiger partial charge in [0.15, 0.2) is 5.11 Å². The standard InChI is InChI=1S/C23H27N5O2S2/c1-5-27-15(2)14-19(16(27)3)22-21(20-8-6-7-13-24-20)25-23(31)28(22)18-11-9-17(10-12-18)26-32(4,29)30/h6-14,21-22,26H,5H2,1-4H3,(H,25,31)/t21-,22-/m0/s1. The fraction of sp³-hybridized carbons (Fsp3) is 0.304. The molecule has 0 saturated carbocycles. The summed E-state index contributed by atoms with van der Waals surface area (Å²) in [7, 11) is -3.34. The monoisotopic (exact) mass is 469 g/mol. The molecular weight excluding hydrogens is 442 g/mol. The van der Waals surface area contributed by atoms with E-state index in [9.17, 15) is 8.42 Å². The minimum absolute atomic E-state index is 0.0994. The highest BCUT2D eigenvalue weighted by atomic mass is 32.2. The van der Waals surface area contributed by atoms with Crippen molar-refractivity contribution in [1.82, 2.24) is 14.9 Å². The number of sulfonamides is 1. The highest BCUT2D eigenvalue weighted by Crippen LogP contribution is 2.43. The summed E-state index contributed by atoms with van der Waals surface area (Å²) in [5.74, 6) is 0. The third kappa shape index (κ3) is 4.22. The van der Waals surface area contributed by atoms with Gasteiger partial charge < -0.3 is 14.8 Å². The van der Waals surface area contributed by atoms with E-state index in [1.165, 1.54) is 17.0 Å². The molecule has 1 saturated heterocycles. The molecule has 0 unspecified atom stereocenters. The third-order valence-electron chi connectivity index (χ3n) is 5.79. The Morgan fingerprint density at radius 1 is 1.16 bits per heavy atom. The highest BCUT2D eigenvalue weighted by molar-refractivity contribution is 7.92. The van der Waals surface area contributed by atoms with Crippen molar-refractivity contribution in [3.05, 3.63) is 77.4 Å². The van der Waals surface area contributed by atoms with E-state index in [0.29, 0.717) is 10.8 Å². The van der Waals surface area contributed by atoms with Crippen LogP contribution in [0.25, 0.3) is 0 Å². The Hall–Kier alpha value is -2.91. The number of nitrogens with one attached hydrogen (secondary N) is 2. The Morgan fingerprint density at radius 3 is 2.44 bits per heavy atom. The van der Waals surface area contributed by atoms with Crippen LogP contribution < -0.4 is 14.9 Å². The molecule has 0 radical (unpaired) electrons. The molecule has 2 atom stereocenters. The van der Waals surface area contributed by atoms with Crippen molar-refractivity contribution in [3.8, 4) is 0 Å². The zero-order chi connectivity index (χ0) is 23.0. The Labute approximate surface area is 194 Å². The lowest BCUT2D eigenvalue weighted by atomic mass is 9.96. The van der Waals surface area contributed by atoms with Crippen molar-refractivity contribution in [3.63, 3.8) is 0 Å². The molecular formula is C23H27N5O2S2. The van der Waals surface area contributed by atoms with E-state index < -0.39 is 10.0 Å². The van der Waals surface area contributed by atoms with E-state index in [1.54, 1.807) is 18.3 Å². The van der Waals surface area contributed by atoms with Gasteiger partial charge in [-0.25, -0.2) is 8.42 Å². The predicted octanol–water partition coefficient (Wildman–Crippen LogP) is 4.07. The van der Waals surface area contributed by atoms with E-state index in [1.807, 2.05) is 30.3 Å². The molecule has 0 spiro atoms. The first-order chi connectivity index (χ1) is 15.2. The largest absolute Gasteiger partial charge is 0.351 e. The lowest BCUT2D eigenvalue weighted by Crippen LogP contribution is -2.29. The van der Waals surface area contributed by atoms with E-state index in [-0.39, 0.29) is 12.1 Å². The summed E-state index contributed by atoms with van der Waals surface area (Å²) in [5, 5.41) is 4.08. The summed E-state index contributed by atoms with van der Waals surface area (Å²) in [6, 6.07) is 15.2. The number of thiocarbonyl (C=S) groups is 1. The number of rotatable bonds is 6. The van der Waals surface area contributed by atoms with Crippen LogP contribution in [0.1, 0.15) is 41.7 Å². The van der Waals surface area contributed by atoms with Crippen LogP contribution in [-0.4, -0.2) is 29.3 Å². The van der Waals surface area contributed by atoms with E-state index in [0.717, 1.165) is 24.2 Å². The molecule has 1 aromatic carbocycles. The van der Waals surface area contributed by atoms with Gasteiger partial charge in [0.25, 0.3) is 0 Å². The second-order valence-corrected chi connectivity index (χ2v) is 10.1. The fourth-order valence-corrected chi connectivity index (χ4v) is 5.38. The van der Waals surface area contributed by atoms with Crippen molar-refractivity contribution >= 4 is 38.7 Å². The van der Waals surface area contributed by atoms with Crippen molar-refractivity contribution in [2.24, 2.45) is 0 Å². The molecule has 3 aromatic rings. The number of hydrogen-bond acceptors (Lipinski definition) is 4. The second kappa shape index (κ2) is 8.55. The number of nitrogens with zero attached hydrogens (tertiary/aromatic N) is 3. The van der Waals surface area contributed by atoms with Crippen molar-refractivity contribution in [2.75, 3.05) is 15.9 Å². The lowest BCUT2D eigenvalue weighted by molar-refractivity contribution is 0.563. The van der Waals surface area contributed by atoms with E-state index in [2.05, 4.69) is 51.3 Å². The quantitative estimate of drug-likeness (QED) is 0.530. The molecule has 0 amide bonds. The maximum atomic E-state index is 11.6. The first-order valence-corrected chi connectivity index (χ1v) is 12.7. The highest BCUT2D eigenvalue weighted by Gasteiger charge is 2.42.